The molecular weight excluding hydrogens is 372 g/mol. The van der Waals surface area contributed by atoms with Crippen LogP contribution in [0.4, 0.5) is 11.4 Å². The molecular formula is C22H26N2O5. The van der Waals surface area contributed by atoms with Crippen LogP contribution in [-0.4, -0.2) is 37.5 Å². The molecule has 0 atom stereocenters. The standard InChI is InChI=1S/C22H26N2O5/c1-15(2)29-20-10-8-18(9-11-20)23-21(26)12-13-24(16(3)25)19-7-5-6-17(14-19)22(27)28-4/h5-11,14-15H,12-13H2,1-4H3,(H,23,26). The zero-order valence-corrected chi connectivity index (χ0v) is 17.1. The molecule has 29 heavy (non-hydrogen) atoms. The molecule has 2 aromatic rings. The monoisotopic (exact) mass is 398 g/mol. The molecule has 2 aromatic carbocycles. The van der Waals surface area contributed by atoms with Gasteiger partial charge in [0.05, 0.1) is 18.8 Å². The van der Waals surface area contributed by atoms with E-state index in [1.165, 1.54) is 18.9 Å². The number of methoxy groups -OCH3 is 1. The van der Waals surface area contributed by atoms with Crippen LogP contribution in [0.2, 0.25) is 0 Å². The Kier molecular flexibility index (Phi) is 7.77. The highest BCUT2D eigenvalue weighted by atomic mass is 16.5. The number of amides is 2. The molecule has 154 valence electrons. The molecule has 0 aliphatic rings. The van der Waals surface area contributed by atoms with Gasteiger partial charge in [-0.25, -0.2) is 4.79 Å². The molecule has 0 fully saturated rings. The van der Waals surface area contributed by atoms with E-state index in [9.17, 15) is 14.4 Å². The Morgan fingerprint density at radius 3 is 2.34 bits per heavy atom. The van der Waals surface area contributed by atoms with Gasteiger partial charge in [0.25, 0.3) is 0 Å². The number of anilines is 2. The van der Waals surface area contributed by atoms with Crippen LogP contribution >= 0.6 is 0 Å². The smallest absolute Gasteiger partial charge is 0.337 e. The van der Waals surface area contributed by atoms with Crippen molar-refractivity contribution in [3.63, 3.8) is 0 Å². The molecule has 2 amide bonds. The number of nitrogens with zero attached hydrogens (tertiary/aromatic N) is 1. The number of nitrogens with one attached hydrogen (secondary N) is 1. The van der Waals surface area contributed by atoms with Crippen molar-refractivity contribution in [2.75, 3.05) is 23.9 Å². The van der Waals surface area contributed by atoms with Gasteiger partial charge in [0.2, 0.25) is 11.8 Å². The third-order valence-electron chi connectivity index (χ3n) is 4.03. The van der Waals surface area contributed by atoms with E-state index in [1.807, 2.05) is 13.8 Å². The summed E-state index contributed by atoms with van der Waals surface area (Å²) in [4.78, 5) is 37.5. The molecule has 2 rings (SSSR count). The number of carbonyl (C=O) groups is 3. The van der Waals surface area contributed by atoms with Crippen LogP contribution in [0.3, 0.4) is 0 Å². The summed E-state index contributed by atoms with van der Waals surface area (Å²) in [5, 5.41) is 2.80. The maximum absolute atomic E-state index is 12.3. The highest BCUT2D eigenvalue weighted by Gasteiger charge is 2.16. The van der Waals surface area contributed by atoms with Gasteiger partial charge in [-0.2, -0.15) is 0 Å². The maximum Gasteiger partial charge on any atom is 0.337 e. The Labute approximate surface area is 170 Å². The van der Waals surface area contributed by atoms with Crippen molar-refractivity contribution in [3.05, 3.63) is 54.1 Å². The molecule has 0 bridgehead atoms. The van der Waals surface area contributed by atoms with Crippen LogP contribution in [0, 0.1) is 0 Å². The second kappa shape index (κ2) is 10.3. The van der Waals surface area contributed by atoms with Gasteiger partial charge in [0, 0.05) is 31.3 Å². The predicted octanol–water partition coefficient (Wildman–Crippen LogP) is 3.64. The van der Waals surface area contributed by atoms with Gasteiger partial charge in [-0.15, -0.1) is 0 Å². The summed E-state index contributed by atoms with van der Waals surface area (Å²) in [6.07, 6.45) is 0.178. The fraction of sp³-hybridized carbons (Fsp3) is 0.318. The third-order valence-corrected chi connectivity index (χ3v) is 4.03. The molecule has 0 aliphatic carbocycles. The number of hydrogen-bond donors (Lipinski definition) is 1. The minimum Gasteiger partial charge on any atom is -0.491 e. The minimum absolute atomic E-state index is 0.0747. The number of hydrogen-bond acceptors (Lipinski definition) is 5. The van der Waals surface area contributed by atoms with Gasteiger partial charge in [0.15, 0.2) is 0 Å². The van der Waals surface area contributed by atoms with Crippen molar-refractivity contribution in [1.82, 2.24) is 0 Å². The Balaban J connectivity index is 1.99. The van der Waals surface area contributed by atoms with Crippen LogP contribution in [0.25, 0.3) is 0 Å². The van der Waals surface area contributed by atoms with Crippen molar-refractivity contribution < 1.29 is 23.9 Å². The number of esters is 1. The van der Waals surface area contributed by atoms with E-state index in [-0.39, 0.29) is 30.9 Å². The lowest BCUT2D eigenvalue weighted by molar-refractivity contribution is -0.117. The van der Waals surface area contributed by atoms with Crippen LogP contribution in [0.5, 0.6) is 5.75 Å². The Morgan fingerprint density at radius 2 is 1.76 bits per heavy atom. The molecule has 0 aliphatic heterocycles. The van der Waals surface area contributed by atoms with E-state index in [0.29, 0.717) is 16.9 Å². The Hall–Kier alpha value is -3.35. The Morgan fingerprint density at radius 1 is 1.07 bits per heavy atom. The molecule has 7 heteroatoms. The maximum atomic E-state index is 12.3. The van der Waals surface area contributed by atoms with Gasteiger partial charge in [-0.05, 0) is 56.3 Å². The first-order valence-corrected chi connectivity index (χ1v) is 9.33. The summed E-state index contributed by atoms with van der Waals surface area (Å²) in [6, 6.07) is 13.6. The first-order valence-electron chi connectivity index (χ1n) is 9.33. The lowest BCUT2D eigenvalue weighted by Crippen LogP contribution is -2.32. The SMILES string of the molecule is COC(=O)c1cccc(N(CCC(=O)Nc2ccc(OC(C)C)cc2)C(C)=O)c1. The molecule has 0 unspecified atom stereocenters. The predicted molar refractivity (Wildman–Crippen MR) is 111 cm³/mol. The molecule has 0 saturated carbocycles. The molecule has 7 nitrogen and oxygen atoms in total. The summed E-state index contributed by atoms with van der Waals surface area (Å²) in [5.41, 5.74) is 1.51. The molecule has 1 N–H and O–H groups in total. The fourth-order valence-electron chi connectivity index (χ4n) is 2.71. The van der Waals surface area contributed by atoms with Crippen LogP contribution in [0.1, 0.15) is 37.6 Å². The second-order valence-corrected chi connectivity index (χ2v) is 6.70. The topological polar surface area (TPSA) is 84.9 Å². The zero-order chi connectivity index (χ0) is 21.4. The molecule has 0 heterocycles. The second-order valence-electron chi connectivity index (χ2n) is 6.70. The fourth-order valence-corrected chi connectivity index (χ4v) is 2.71. The summed E-state index contributed by atoms with van der Waals surface area (Å²) in [6.45, 7) is 5.48. The van der Waals surface area contributed by atoms with Crippen LogP contribution in [-0.2, 0) is 14.3 Å². The van der Waals surface area contributed by atoms with Gasteiger partial charge in [0.1, 0.15) is 5.75 Å². The lowest BCUT2D eigenvalue weighted by Gasteiger charge is -2.21. The largest absolute Gasteiger partial charge is 0.491 e. The van der Waals surface area contributed by atoms with Crippen molar-refractivity contribution in [2.24, 2.45) is 0 Å². The van der Waals surface area contributed by atoms with E-state index >= 15 is 0 Å². The zero-order valence-electron chi connectivity index (χ0n) is 17.1. The molecule has 0 saturated heterocycles. The van der Waals surface area contributed by atoms with Gasteiger partial charge >= 0.3 is 5.97 Å². The minimum atomic E-state index is -0.488. The van der Waals surface area contributed by atoms with E-state index in [1.54, 1.807) is 48.5 Å². The summed E-state index contributed by atoms with van der Waals surface area (Å²) in [5.74, 6) is -0.211. The molecule has 0 aromatic heterocycles. The Bertz CT molecular complexity index is 862. The average Bonchev–Trinajstić information content (AvgIpc) is 2.68. The first kappa shape index (κ1) is 21.9. The van der Waals surface area contributed by atoms with E-state index in [0.717, 1.165) is 5.75 Å². The van der Waals surface area contributed by atoms with E-state index < -0.39 is 5.97 Å². The van der Waals surface area contributed by atoms with Crippen molar-refractivity contribution in [1.29, 1.82) is 0 Å². The van der Waals surface area contributed by atoms with Crippen molar-refractivity contribution >= 4 is 29.2 Å². The number of benzene rings is 2. The third kappa shape index (κ3) is 6.64. The molecule has 0 spiro atoms. The highest BCUT2D eigenvalue weighted by Crippen LogP contribution is 2.19. The summed E-state index contributed by atoms with van der Waals surface area (Å²) in [7, 11) is 1.30. The number of rotatable bonds is 8. The highest BCUT2D eigenvalue weighted by molar-refractivity contribution is 5.96. The van der Waals surface area contributed by atoms with Gasteiger partial charge < -0.3 is 19.7 Å². The van der Waals surface area contributed by atoms with Crippen LogP contribution < -0.4 is 15.0 Å². The molecule has 0 radical (unpaired) electrons. The summed E-state index contributed by atoms with van der Waals surface area (Å²) >= 11 is 0. The van der Waals surface area contributed by atoms with Gasteiger partial charge in [-0.1, -0.05) is 6.07 Å². The normalized spacial score (nSPS) is 10.4. The van der Waals surface area contributed by atoms with E-state index in [2.05, 4.69) is 5.32 Å². The van der Waals surface area contributed by atoms with Crippen LogP contribution in [0.15, 0.2) is 48.5 Å². The summed E-state index contributed by atoms with van der Waals surface area (Å²) < 4.78 is 10.3. The lowest BCUT2D eigenvalue weighted by atomic mass is 10.1. The van der Waals surface area contributed by atoms with E-state index in [4.69, 9.17) is 9.47 Å². The van der Waals surface area contributed by atoms with Gasteiger partial charge in [-0.3, -0.25) is 9.59 Å². The first-order chi connectivity index (χ1) is 13.8. The van der Waals surface area contributed by atoms with Crippen molar-refractivity contribution in [2.45, 2.75) is 33.3 Å². The number of ether oxygens (including phenoxy) is 2. The average molecular weight is 398 g/mol. The van der Waals surface area contributed by atoms with Crippen molar-refractivity contribution in [3.8, 4) is 5.75 Å². The number of carbonyl (C=O) groups excluding carboxylic acids is 3. The quantitative estimate of drug-likeness (QED) is 0.686.